The summed E-state index contributed by atoms with van der Waals surface area (Å²) < 4.78 is 5.49. The predicted octanol–water partition coefficient (Wildman–Crippen LogP) is 1.81. The number of thiophene rings is 1. The molecule has 0 aliphatic rings. The topological polar surface area (TPSA) is 84.6 Å². The van der Waals surface area contributed by atoms with Gasteiger partial charge >= 0.3 is 0 Å². The number of para-hydroxylation sites is 1. The predicted molar refractivity (Wildman–Crippen MR) is 92.0 cm³/mol. The van der Waals surface area contributed by atoms with Gasteiger partial charge in [-0.3, -0.25) is 4.79 Å². The molecule has 1 atom stereocenters. The number of benzene rings is 1. The van der Waals surface area contributed by atoms with Crippen LogP contribution in [0, 0.1) is 0 Å². The van der Waals surface area contributed by atoms with E-state index in [0.29, 0.717) is 11.4 Å². The molecule has 2 aromatic rings. The summed E-state index contributed by atoms with van der Waals surface area (Å²) in [5.74, 6) is 0.385. The average Bonchev–Trinajstić information content (AvgIpc) is 3.03. The van der Waals surface area contributed by atoms with Crippen molar-refractivity contribution < 1.29 is 14.6 Å². The van der Waals surface area contributed by atoms with Gasteiger partial charge < -0.3 is 20.9 Å². The molecule has 0 spiro atoms. The Labute approximate surface area is 140 Å². The fourth-order valence-corrected chi connectivity index (χ4v) is 2.97. The first-order valence-electron chi connectivity index (χ1n) is 7.60. The molecule has 0 fully saturated rings. The number of aliphatic hydroxyl groups excluding tert-OH is 1. The maximum atomic E-state index is 11.0. The quantitative estimate of drug-likeness (QED) is 0.579. The Morgan fingerprint density at radius 3 is 2.74 bits per heavy atom. The minimum atomic E-state index is -0.543. The van der Waals surface area contributed by atoms with Gasteiger partial charge in [0.1, 0.15) is 18.5 Å². The van der Waals surface area contributed by atoms with Gasteiger partial charge in [0, 0.05) is 11.4 Å². The van der Waals surface area contributed by atoms with Gasteiger partial charge in [-0.1, -0.05) is 18.2 Å². The Morgan fingerprint density at radius 2 is 2.04 bits per heavy atom. The second-order valence-corrected chi connectivity index (χ2v) is 6.38. The van der Waals surface area contributed by atoms with Gasteiger partial charge in [-0.25, -0.2) is 0 Å². The molecule has 0 saturated carbocycles. The molecule has 0 bridgehead atoms. The van der Waals surface area contributed by atoms with Crippen LogP contribution in [0.5, 0.6) is 5.75 Å². The van der Waals surface area contributed by atoms with Crippen molar-refractivity contribution in [2.45, 2.75) is 18.9 Å². The van der Waals surface area contributed by atoms with Crippen molar-refractivity contribution in [3.05, 3.63) is 52.2 Å². The van der Waals surface area contributed by atoms with Crippen molar-refractivity contribution in [2.24, 2.45) is 5.73 Å². The number of primary amides is 1. The number of rotatable bonds is 10. The third-order valence-electron chi connectivity index (χ3n) is 3.25. The van der Waals surface area contributed by atoms with E-state index >= 15 is 0 Å². The fraction of sp³-hybridized carbons (Fsp3) is 0.353. The first-order valence-corrected chi connectivity index (χ1v) is 8.42. The summed E-state index contributed by atoms with van der Waals surface area (Å²) in [5.41, 5.74) is 5.23. The van der Waals surface area contributed by atoms with Gasteiger partial charge in [-0.05, 0) is 43.7 Å². The number of ether oxygens (including phenoxy) is 1. The Morgan fingerprint density at radius 1 is 1.26 bits per heavy atom. The first-order chi connectivity index (χ1) is 11.1. The number of hydrogen-bond acceptors (Lipinski definition) is 5. The smallest absolute Gasteiger partial charge is 0.258 e. The molecular formula is C17H22N2O3S. The van der Waals surface area contributed by atoms with Gasteiger partial charge in [0.15, 0.2) is 0 Å². The fourth-order valence-electron chi connectivity index (χ4n) is 2.07. The van der Waals surface area contributed by atoms with Gasteiger partial charge in [0.05, 0.1) is 4.88 Å². The highest BCUT2D eigenvalue weighted by atomic mass is 32.1. The molecule has 0 radical (unpaired) electrons. The van der Waals surface area contributed by atoms with E-state index in [4.69, 9.17) is 10.5 Å². The Kier molecular flexibility index (Phi) is 7.06. The number of nitrogens with one attached hydrogen (secondary N) is 1. The lowest BCUT2D eigenvalue weighted by atomic mass is 10.2. The van der Waals surface area contributed by atoms with E-state index in [1.165, 1.54) is 11.3 Å². The zero-order valence-corrected chi connectivity index (χ0v) is 13.7. The van der Waals surface area contributed by atoms with Crippen LogP contribution in [-0.2, 0) is 6.42 Å². The highest BCUT2D eigenvalue weighted by Gasteiger charge is 2.06. The van der Waals surface area contributed by atoms with Crippen molar-refractivity contribution in [3.8, 4) is 5.75 Å². The minimum Gasteiger partial charge on any atom is -0.491 e. The van der Waals surface area contributed by atoms with E-state index in [-0.39, 0.29) is 12.5 Å². The van der Waals surface area contributed by atoms with Gasteiger partial charge in [-0.15, -0.1) is 11.3 Å². The Bertz CT molecular complexity index is 601. The number of carbonyl (C=O) groups is 1. The molecule has 0 aliphatic heterocycles. The number of aliphatic hydroxyl groups is 1. The van der Waals surface area contributed by atoms with E-state index in [9.17, 15) is 9.90 Å². The zero-order chi connectivity index (χ0) is 16.5. The van der Waals surface area contributed by atoms with Crippen molar-refractivity contribution in [1.82, 2.24) is 5.32 Å². The SMILES string of the molecule is NC(=O)c1ccc(CCCNC[C@H](O)COc2ccccc2)s1. The van der Waals surface area contributed by atoms with Crippen molar-refractivity contribution in [2.75, 3.05) is 19.7 Å². The molecule has 1 aromatic heterocycles. The molecule has 23 heavy (non-hydrogen) atoms. The van der Waals surface area contributed by atoms with Gasteiger partial charge in [0.25, 0.3) is 5.91 Å². The largest absolute Gasteiger partial charge is 0.491 e. The maximum absolute atomic E-state index is 11.0. The molecule has 2 rings (SSSR count). The monoisotopic (exact) mass is 334 g/mol. The van der Waals surface area contributed by atoms with E-state index < -0.39 is 6.10 Å². The third kappa shape index (κ3) is 6.40. The summed E-state index contributed by atoms with van der Waals surface area (Å²) >= 11 is 1.44. The third-order valence-corrected chi connectivity index (χ3v) is 4.41. The zero-order valence-electron chi connectivity index (χ0n) is 12.9. The number of amides is 1. The van der Waals surface area contributed by atoms with Crippen LogP contribution in [0.1, 0.15) is 21.0 Å². The molecule has 1 heterocycles. The van der Waals surface area contributed by atoms with Crippen LogP contribution >= 0.6 is 11.3 Å². The molecule has 4 N–H and O–H groups in total. The molecule has 0 unspecified atom stereocenters. The second kappa shape index (κ2) is 9.29. The van der Waals surface area contributed by atoms with Crippen LogP contribution in [0.25, 0.3) is 0 Å². The lowest BCUT2D eigenvalue weighted by Gasteiger charge is -2.13. The summed E-state index contributed by atoms with van der Waals surface area (Å²) in [6.07, 6.45) is 1.28. The summed E-state index contributed by atoms with van der Waals surface area (Å²) in [7, 11) is 0. The molecule has 0 saturated heterocycles. The molecule has 0 aliphatic carbocycles. The number of hydrogen-bond donors (Lipinski definition) is 3. The lowest BCUT2D eigenvalue weighted by molar-refractivity contribution is 0.100. The van der Waals surface area contributed by atoms with Crippen molar-refractivity contribution in [3.63, 3.8) is 0 Å². The van der Waals surface area contributed by atoms with E-state index in [0.717, 1.165) is 30.0 Å². The van der Waals surface area contributed by atoms with Crippen LogP contribution in [-0.4, -0.2) is 36.8 Å². The summed E-state index contributed by atoms with van der Waals surface area (Å²) in [4.78, 5) is 12.8. The second-order valence-electron chi connectivity index (χ2n) is 5.22. The van der Waals surface area contributed by atoms with Crippen LogP contribution in [0.4, 0.5) is 0 Å². The highest BCUT2D eigenvalue weighted by molar-refractivity contribution is 7.14. The molecule has 5 nitrogen and oxygen atoms in total. The van der Waals surface area contributed by atoms with Crippen LogP contribution < -0.4 is 15.8 Å². The van der Waals surface area contributed by atoms with Gasteiger partial charge in [-0.2, -0.15) is 0 Å². The van der Waals surface area contributed by atoms with E-state index in [1.54, 1.807) is 6.07 Å². The van der Waals surface area contributed by atoms with Crippen LogP contribution in [0.2, 0.25) is 0 Å². The van der Waals surface area contributed by atoms with Crippen molar-refractivity contribution >= 4 is 17.2 Å². The summed E-state index contributed by atoms with van der Waals surface area (Å²) in [6, 6.07) is 13.1. The lowest BCUT2D eigenvalue weighted by Crippen LogP contribution is -2.32. The Hall–Kier alpha value is -1.89. The van der Waals surface area contributed by atoms with Gasteiger partial charge in [0.2, 0.25) is 0 Å². The first kappa shape index (κ1) is 17.5. The van der Waals surface area contributed by atoms with E-state index in [2.05, 4.69) is 5.32 Å². The summed E-state index contributed by atoms with van der Waals surface area (Å²) in [5, 5.41) is 13.1. The summed E-state index contributed by atoms with van der Waals surface area (Å²) in [6.45, 7) is 1.56. The van der Waals surface area contributed by atoms with E-state index in [1.807, 2.05) is 36.4 Å². The minimum absolute atomic E-state index is 0.268. The van der Waals surface area contributed by atoms with Crippen LogP contribution in [0.15, 0.2) is 42.5 Å². The highest BCUT2D eigenvalue weighted by Crippen LogP contribution is 2.17. The maximum Gasteiger partial charge on any atom is 0.258 e. The molecular weight excluding hydrogens is 312 g/mol. The number of carbonyl (C=O) groups excluding carboxylic acids is 1. The molecule has 1 amide bonds. The normalized spacial score (nSPS) is 12.0. The average molecular weight is 334 g/mol. The number of nitrogens with two attached hydrogens (primary N) is 1. The molecule has 124 valence electrons. The van der Waals surface area contributed by atoms with Crippen LogP contribution in [0.3, 0.4) is 0 Å². The Balaban J connectivity index is 1.55. The molecule has 6 heteroatoms. The molecule has 1 aromatic carbocycles. The van der Waals surface area contributed by atoms with Crippen molar-refractivity contribution in [1.29, 1.82) is 0 Å². The number of aryl methyl sites for hydroxylation is 1. The standard InChI is InChI=1S/C17H22N2O3S/c18-17(21)16-9-8-15(23-16)7-4-10-19-11-13(20)12-22-14-5-2-1-3-6-14/h1-3,5-6,8-9,13,19-20H,4,7,10-12H2,(H2,18,21)/t13-/m0/s1.